The second kappa shape index (κ2) is 3.39. The third-order valence-corrected chi connectivity index (χ3v) is 3.44. The van der Waals surface area contributed by atoms with Crippen molar-refractivity contribution in [2.24, 2.45) is 0 Å². The van der Waals surface area contributed by atoms with Crippen molar-refractivity contribution in [2.75, 3.05) is 0 Å². The van der Waals surface area contributed by atoms with Crippen LogP contribution in [-0.2, 0) is 0 Å². The van der Waals surface area contributed by atoms with Gasteiger partial charge in [-0.05, 0) is 45.6 Å². The average molecular weight is 194 g/mol. The maximum atomic E-state index is 9.81. The number of aryl methyl sites for hydroxylation is 1. The van der Waals surface area contributed by atoms with Crippen LogP contribution in [-0.4, -0.2) is 21.0 Å². The first-order valence-corrected chi connectivity index (χ1v) is 5.31. The number of aliphatic hydroxyl groups excluding tert-OH is 1. The van der Waals surface area contributed by atoms with Crippen molar-refractivity contribution < 1.29 is 5.11 Å². The van der Waals surface area contributed by atoms with Crippen LogP contribution in [0.25, 0.3) is 0 Å². The molecule has 3 heteroatoms. The number of rotatable bonds is 1. The fraction of sp³-hybridized carbons (Fsp3) is 0.727. The first-order chi connectivity index (χ1) is 6.61. The normalized spacial score (nSPS) is 27.1. The summed E-state index contributed by atoms with van der Waals surface area (Å²) in [6.07, 6.45) is 2.89. The summed E-state index contributed by atoms with van der Waals surface area (Å²) in [5, 5.41) is 14.3. The molecular formula is C11H18N2O. The second-order valence-electron chi connectivity index (χ2n) is 4.31. The van der Waals surface area contributed by atoms with E-state index in [4.69, 9.17) is 0 Å². The van der Waals surface area contributed by atoms with Gasteiger partial charge in [0.15, 0.2) is 0 Å². The van der Waals surface area contributed by atoms with Gasteiger partial charge in [-0.15, -0.1) is 0 Å². The molecule has 1 aromatic rings. The van der Waals surface area contributed by atoms with Crippen molar-refractivity contribution in [3.05, 3.63) is 17.0 Å². The lowest BCUT2D eigenvalue weighted by atomic mass is 10.2. The van der Waals surface area contributed by atoms with Gasteiger partial charge in [-0.25, -0.2) is 0 Å². The standard InChI is InChI=1S/C11H18N2O/c1-7-8(2)12-13(9(7)3)10-5-4-6-11(10)14/h10-11,14H,4-6H2,1-3H3/t10?,11-/m1/s1. The minimum absolute atomic E-state index is 0.201. The molecule has 1 aliphatic carbocycles. The van der Waals surface area contributed by atoms with Crippen LogP contribution in [0.4, 0.5) is 0 Å². The van der Waals surface area contributed by atoms with E-state index < -0.39 is 0 Å². The number of nitrogens with zero attached hydrogens (tertiary/aromatic N) is 2. The molecule has 3 nitrogen and oxygen atoms in total. The van der Waals surface area contributed by atoms with Crippen LogP contribution >= 0.6 is 0 Å². The maximum Gasteiger partial charge on any atom is 0.0781 e. The van der Waals surface area contributed by atoms with Gasteiger partial charge in [-0.3, -0.25) is 4.68 Å². The van der Waals surface area contributed by atoms with Crippen molar-refractivity contribution in [3.63, 3.8) is 0 Å². The van der Waals surface area contributed by atoms with Crippen molar-refractivity contribution >= 4 is 0 Å². The molecular weight excluding hydrogens is 176 g/mol. The monoisotopic (exact) mass is 194 g/mol. The summed E-state index contributed by atoms with van der Waals surface area (Å²) in [7, 11) is 0. The highest BCUT2D eigenvalue weighted by molar-refractivity contribution is 5.23. The van der Waals surface area contributed by atoms with Gasteiger partial charge < -0.3 is 5.11 Å². The van der Waals surface area contributed by atoms with Crippen molar-refractivity contribution in [3.8, 4) is 0 Å². The van der Waals surface area contributed by atoms with E-state index in [0.29, 0.717) is 0 Å². The van der Waals surface area contributed by atoms with Crippen LogP contribution in [0.2, 0.25) is 0 Å². The summed E-state index contributed by atoms with van der Waals surface area (Å²) in [4.78, 5) is 0. The fourth-order valence-electron chi connectivity index (χ4n) is 2.27. The minimum atomic E-state index is -0.201. The van der Waals surface area contributed by atoms with E-state index in [9.17, 15) is 5.11 Å². The van der Waals surface area contributed by atoms with E-state index in [1.165, 1.54) is 11.3 Å². The lowest BCUT2D eigenvalue weighted by Gasteiger charge is -2.16. The Bertz CT molecular complexity index is 343. The predicted molar refractivity (Wildman–Crippen MR) is 55.3 cm³/mol. The molecule has 0 aromatic carbocycles. The van der Waals surface area contributed by atoms with E-state index in [1.54, 1.807) is 0 Å². The van der Waals surface area contributed by atoms with Crippen LogP contribution in [0.15, 0.2) is 0 Å². The molecule has 1 aromatic heterocycles. The van der Waals surface area contributed by atoms with Gasteiger partial charge in [-0.2, -0.15) is 5.10 Å². The van der Waals surface area contributed by atoms with E-state index in [2.05, 4.69) is 18.9 Å². The smallest absolute Gasteiger partial charge is 0.0781 e. The molecule has 78 valence electrons. The third-order valence-electron chi connectivity index (χ3n) is 3.44. The lowest BCUT2D eigenvalue weighted by Crippen LogP contribution is -2.20. The summed E-state index contributed by atoms with van der Waals surface area (Å²) in [5.41, 5.74) is 3.54. The van der Waals surface area contributed by atoms with Crippen LogP contribution in [0.1, 0.15) is 42.3 Å². The van der Waals surface area contributed by atoms with Gasteiger partial charge in [0.05, 0.1) is 17.8 Å². The van der Waals surface area contributed by atoms with Crippen molar-refractivity contribution in [2.45, 2.75) is 52.2 Å². The van der Waals surface area contributed by atoms with Crippen LogP contribution in [0, 0.1) is 20.8 Å². The second-order valence-corrected chi connectivity index (χ2v) is 4.31. The molecule has 0 radical (unpaired) electrons. The zero-order valence-corrected chi connectivity index (χ0v) is 9.12. The van der Waals surface area contributed by atoms with Gasteiger partial charge in [0, 0.05) is 5.69 Å². The molecule has 0 spiro atoms. The van der Waals surface area contributed by atoms with Gasteiger partial charge in [0.1, 0.15) is 0 Å². The van der Waals surface area contributed by atoms with E-state index in [1.807, 2.05) is 11.6 Å². The minimum Gasteiger partial charge on any atom is -0.391 e. The molecule has 1 heterocycles. The molecule has 1 aliphatic rings. The highest BCUT2D eigenvalue weighted by Gasteiger charge is 2.28. The molecule has 0 bridgehead atoms. The molecule has 0 amide bonds. The fourth-order valence-corrected chi connectivity index (χ4v) is 2.27. The van der Waals surface area contributed by atoms with Crippen molar-refractivity contribution in [1.29, 1.82) is 0 Å². The molecule has 1 N–H and O–H groups in total. The van der Waals surface area contributed by atoms with Crippen LogP contribution in [0.3, 0.4) is 0 Å². The number of hydrogen-bond acceptors (Lipinski definition) is 2. The summed E-state index contributed by atoms with van der Waals surface area (Å²) in [6, 6.07) is 0.211. The zero-order chi connectivity index (χ0) is 10.3. The largest absolute Gasteiger partial charge is 0.391 e. The SMILES string of the molecule is Cc1nn(C2CCC[C@H]2O)c(C)c1C. The van der Waals surface area contributed by atoms with Crippen molar-refractivity contribution in [1.82, 2.24) is 9.78 Å². The predicted octanol–water partition coefficient (Wildman–Crippen LogP) is 1.89. The summed E-state index contributed by atoms with van der Waals surface area (Å²) >= 11 is 0. The Morgan fingerprint density at radius 2 is 2.00 bits per heavy atom. The maximum absolute atomic E-state index is 9.81. The topological polar surface area (TPSA) is 38.0 Å². The average Bonchev–Trinajstić information content (AvgIpc) is 2.66. The summed E-state index contributed by atoms with van der Waals surface area (Å²) in [6.45, 7) is 6.20. The van der Waals surface area contributed by atoms with Crippen LogP contribution in [0.5, 0.6) is 0 Å². The van der Waals surface area contributed by atoms with Gasteiger partial charge in [0.2, 0.25) is 0 Å². The molecule has 1 saturated carbocycles. The van der Waals surface area contributed by atoms with Crippen LogP contribution < -0.4 is 0 Å². The quantitative estimate of drug-likeness (QED) is 0.741. The lowest BCUT2D eigenvalue weighted by molar-refractivity contribution is 0.129. The molecule has 2 atom stereocenters. The van der Waals surface area contributed by atoms with E-state index >= 15 is 0 Å². The summed E-state index contributed by atoms with van der Waals surface area (Å²) in [5.74, 6) is 0. The number of aromatic nitrogens is 2. The molecule has 1 fully saturated rings. The Hall–Kier alpha value is -0.830. The molecule has 0 aliphatic heterocycles. The Morgan fingerprint density at radius 3 is 2.43 bits per heavy atom. The Kier molecular flexibility index (Phi) is 2.35. The first kappa shape index (κ1) is 9.71. The molecule has 14 heavy (non-hydrogen) atoms. The summed E-state index contributed by atoms with van der Waals surface area (Å²) < 4.78 is 2.02. The van der Waals surface area contributed by atoms with Gasteiger partial charge >= 0.3 is 0 Å². The first-order valence-electron chi connectivity index (χ1n) is 5.31. The number of aliphatic hydroxyl groups is 1. The van der Waals surface area contributed by atoms with E-state index in [0.717, 1.165) is 25.0 Å². The Balaban J connectivity index is 2.36. The number of hydrogen-bond donors (Lipinski definition) is 1. The Morgan fingerprint density at radius 1 is 1.29 bits per heavy atom. The Labute approximate surface area is 84.7 Å². The van der Waals surface area contributed by atoms with E-state index in [-0.39, 0.29) is 12.1 Å². The third kappa shape index (κ3) is 1.36. The van der Waals surface area contributed by atoms with Gasteiger partial charge in [-0.1, -0.05) is 0 Å². The molecule has 2 rings (SSSR count). The molecule has 0 saturated heterocycles. The van der Waals surface area contributed by atoms with Gasteiger partial charge in [0.25, 0.3) is 0 Å². The zero-order valence-electron chi connectivity index (χ0n) is 9.12. The highest BCUT2D eigenvalue weighted by Crippen LogP contribution is 2.31. The highest BCUT2D eigenvalue weighted by atomic mass is 16.3. The molecule has 1 unspecified atom stereocenters.